The van der Waals surface area contributed by atoms with E-state index in [9.17, 15) is 4.79 Å². The van der Waals surface area contributed by atoms with Crippen LogP contribution in [-0.4, -0.2) is 29.4 Å². The number of carbonyl (C=O) groups is 1. The smallest absolute Gasteiger partial charge is 0.259 e. The summed E-state index contributed by atoms with van der Waals surface area (Å²) >= 11 is 6.16. The molecule has 0 saturated carbocycles. The van der Waals surface area contributed by atoms with E-state index in [4.69, 9.17) is 16.3 Å². The van der Waals surface area contributed by atoms with E-state index in [0.29, 0.717) is 29.6 Å². The highest BCUT2D eigenvalue weighted by Gasteiger charge is 2.19. The number of aromatic nitrogens is 1. The van der Waals surface area contributed by atoms with Crippen LogP contribution in [0.1, 0.15) is 22.8 Å². The Hall–Kier alpha value is -2.07. The second-order valence-corrected chi connectivity index (χ2v) is 4.88. The van der Waals surface area contributed by atoms with E-state index >= 15 is 0 Å². The molecule has 0 bridgehead atoms. The van der Waals surface area contributed by atoms with Gasteiger partial charge in [-0.3, -0.25) is 4.79 Å². The zero-order chi connectivity index (χ0) is 15.2. The molecule has 4 nitrogen and oxygen atoms in total. The monoisotopic (exact) mass is 304 g/mol. The van der Waals surface area contributed by atoms with Crippen LogP contribution in [0.25, 0.3) is 0 Å². The molecule has 0 saturated heterocycles. The fourth-order valence-corrected chi connectivity index (χ4v) is 2.24. The standard InChI is InChI=1S/C16H17ClN2O2/c1-3-19(11-12-7-4-5-9-14(12)17)16(20)13-8-6-10-18-15(13)21-2/h4-10H,3,11H2,1-2H3. The lowest BCUT2D eigenvalue weighted by Crippen LogP contribution is -2.30. The zero-order valence-electron chi connectivity index (χ0n) is 12.0. The molecule has 0 N–H and O–H groups in total. The van der Waals surface area contributed by atoms with Gasteiger partial charge in [-0.05, 0) is 30.7 Å². The Morgan fingerprint density at radius 2 is 2.05 bits per heavy atom. The molecule has 0 atom stereocenters. The van der Waals surface area contributed by atoms with Gasteiger partial charge in [0.1, 0.15) is 5.56 Å². The van der Waals surface area contributed by atoms with Crippen LogP contribution in [0.5, 0.6) is 5.88 Å². The van der Waals surface area contributed by atoms with Crippen LogP contribution in [0.4, 0.5) is 0 Å². The lowest BCUT2D eigenvalue weighted by Gasteiger charge is -2.22. The van der Waals surface area contributed by atoms with Gasteiger partial charge in [-0.2, -0.15) is 0 Å². The molecule has 0 aliphatic rings. The van der Waals surface area contributed by atoms with Gasteiger partial charge in [-0.25, -0.2) is 4.98 Å². The minimum atomic E-state index is -0.123. The number of benzene rings is 1. The van der Waals surface area contributed by atoms with Crippen molar-refractivity contribution in [3.05, 3.63) is 58.7 Å². The predicted molar refractivity (Wildman–Crippen MR) is 82.7 cm³/mol. The van der Waals surface area contributed by atoms with E-state index in [2.05, 4.69) is 4.98 Å². The van der Waals surface area contributed by atoms with Gasteiger partial charge in [-0.1, -0.05) is 29.8 Å². The third-order valence-corrected chi connectivity index (χ3v) is 3.55. The number of methoxy groups -OCH3 is 1. The fraction of sp³-hybridized carbons (Fsp3) is 0.250. The van der Waals surface area contributed by atoms with Crippen molar-refractivity contribution >= 4 is 17.5 Å². The van der Waals surface area contributed by atoms with Gasteiger partial charge in [0.05, 0.1) is 7.11 Å². The van der Waals surface area contributed by atoms with Crippen LogP contribution in [0.15, 0.2) is 42.6 Å². The van der Waals surface area contributed by atoms with Crippen LogP contribution in [0.2, 0.25) is 5.02 Å². The third kappa shape index (κ3) is 3.52. The van der Waals surface area contributed by atoms with Crippen molar-refractivity contribution in [2.45, 2.75) is 13.5 Å². The van der Waals surface area contributed by atoms with Gasteiger partial charge in [0.2, 0.25) is 5.88 Å². The Bertz CT molecular complexity index is 631. The van der Waals surface area contributed by atoms with E-state index < -0.39 is 0 Å². The minimum absolute atomic E-state index is 0.123. The first-order valence-electron chi connectivity index (χ1n) is 6.69. The maximum atomic E-state index is 12.6. The summed E-state index contributed by atoms with van der Waals surface area (Å²) in [4.78, 5) is 18.4. The van der Waals surface area contributed by atoms with Crippen molar-refractivity contribution in [1.82, 2.24) is 9.88 Å². The summed E-state index contributed by atoms with van der Waals surface area (Å²) in [5.74, 6) is 0.211. The molecule has 1 heterocycles. The van der Waals surface area contributed by atoms with Crippen molar-refractivity contribution in [1.29, 1.82) is 0 Å². The molecule has 0 fully saturated rings. The molecule has 21 heavy (non-hydrogen) atoms. The number of halogens is 1. The van der Waals surface area contributed by atoms with Crippen LogP contribution in [0, 0.1) is 0 Å². The van der Waals surface area contributed by atoms with E-state index in [1.807, 2.05) is 31.2 Å². The van der Waals surface area contributed by atoms with Crippen LogP contribution < -0.4 is 4.74 Å². The number of rotatable bonds is 5. The quantitative estimate of drug-likeness (QED) is 0.850. The summed E-state index contributed by atoms with van der Waals surface area (Å²) in [6, 6.07) is 10.9. The molecule has 110 valence electrons. The van der Waals surface area contributed by atoms with E-state index in [-0.39, 0.29) is 5.91 Å². The highest BCUT2D eigenvalue weighted by molar-refractivity contribution is 6.31. The summed E-state index contributed by atoms with van der Waals surface area (Å²) in [6.45, 7) is 2.95. The SMILES string of the molecule is CCN(Cc1ccccc1Cl)C(=O)c1cccnc1OC. The summed E-state index contributed by atoms with van der Waals surface area (Å²) in [6.07, 6.45) is 1.60. The first-order valence-corrected chi connectivity index (χ1v) is 7.06. The van der Waals surface area contributed by atoms with Crippen molar-refractivity contribution < 1.29 is 9.53 Å². The van der Waals surface area contributed by atoms with Crippen molar-refractivity contribution in [2.75, 3.05) is 13.7 Å². The van der Waals surface area contributed by atoms with Gasteiger partial charge >= 0.3 is 0 Å². The number of hydrogen-bond donors (Lipinski definition) is 0. The van der Waals surface area contributed by atoms with Gasteiger partial charge in [-0.15, -0.1) is 0 Å². The molecule has 0 radical (unpaired) electrons. The molecular weight excluding hydrogens is 288 g/mol. The van der Waals surface area contributed by atoms with Crippen LogP contribution in [-0.2, 0) is 6.54 Å². The van der Waals surface area contributed by atoms with Crippen molar-refractivity contribution in [3.63, 3.8) is 0 Å². The Kier molecular flexibility index (Phi) is 5.17. The van der Waals surface area contributed by atoms with Crippen LogP contribution >= 0.6 is 11.6 Å². The third-order valence-electron chi connectivity index (χ3n) is 3.18. The van der Waals surface area contributed by atoms with E-state index in [1.165, 1.54) is 7.11 Å². The lowest BCUT2D eigenvalue weighted by molar-refractivity contribution is 0.0748. The summed E-state index contributed by atoms with van der Waals surface area (Å²) < 4.78 is 5.15. The number of carbonyl (C=O) groups excluding carboxylic acids is 1. The fourth-order valence-electron chi connectivity index (χ4n) is 2.05. The molecular formula is C16H17ClN2O2. The Labute approximate surface area is 129 Å². The first-order chi connectivity index (χ1) is 10.2. The largest absolute Gasteiger partial charge is 0.480 e. The van der Waals surface area contributed by atoms with Crippen molar-refractivity contribution in [3.8, 4) is 5.88 Å². The second kappa shape index (κ2) is 7.09. The van der Waals surface area contributed by atoms with Crippen LogP contribution in [0.3, 0.4) is 0 Å². The van der Waals surface area contributed by atoms with E-state index in [0.717, 1.165) is 5.56 Å². The molecule has 0 aliphatic carbocycles. The molecule has 0 aliphatic heterocycles. The Morgan fingerprint density at radius 3 is 2.71 bits per heavy atom. The number of ether oxygens (including phenoxy) is 1. The molecule has 1 aromatic heterocycles. The molecule has 0 spiro atoms. The lowest BCUT2D eigenvalue weighted by atomic mass is 10.2. The summed E-state index contributed by atoms with van der Waals surface area (Å²) in [7, 11) is 1.50. The number of hydrogen-bond acceptors (Lipinski definition) is 3. The van der Waals surface area contributed by atoms with Crippen molar-refractivity contribution in [2.24, 2.45) is 0 Å². The van der Waals surface area contributed by atoms with E-state index in [1.54, 1.807) is 23.2 Å². The average Bonchev–Trinajstić information content (AvgIpc) is 2.53. The summed E-state index contributed by atoms with van der Waals surface area (Å²) in [5.41, 5.74) is 1.37. The minimum Gasteiger partial charge on any atom is -0.480 e. The molecule has 5 heteroatoms. The van der Waals surface area contributed by atoms with Gasteiger partial charge in [0.15, 0.2) is 0 Å². The topological polar surface area (TPSA) is 42.4 Å². The zero-order valence-corrected chi connectivity index (χ0v) is 12.8. The average molecular weight is 305 g/mol. The first kappa shape index (κ1) is 15.3. The maximum Gasteiger partial charge on any atom is 0.259 e. The Balaban J connectivity index is 2.25. The highest BCUT2D eigenvalue weighted by Crippen LogP contribution is 2.20. The normalized spacial score (nSPS) is 10.2. The Morgan fingerprint density at radius 1 is 1.29 bits per heavy atom. The number of pyridine rings is 1. The number of amides is 1. The van der Waals surface area contributed by atoms with Gasteiger partial charge in [0.25, 0.3) is 5.91 Å². The molecule has 0 unspecified atom stereocenters. The maximum absolute atomic E-state index is 12.6. The molecule has 1 amide bonds. The molecule has 1 aromatic carbocycles. The second-order valence-electron chi connectivity index (χ2n) is 4.47. The van der Waals surface area contributed by atoms with Gasteiger partial charge < -0.3 is 9.64 Å². The highest BCUT2D eigenvalue weighted by atomic mass is 35.5. The molecule has 2 aromatic rings. The molecule has 2 rings (SSSR count). The summed E-state index contributed by atoms with van der Waals surface area (Å²) in [5, 5.41) is 0.655. The van der Waals surface area contributed by atoms with Gasteiger partial charge in [0, 0.05) is 24.3 Å². The predicted octanol–water partition coefficient (Wildman–Crippen LogP) is 3.41. The number of nitrogens with zero attached hydrogens (tertiary/aromatic N) is 2.